The minimum absolute atomic E-state index is 0.117. The van der Waals surface area contributed by atoms with E-state index in [1.807, 2.05) is 0 Å². The lowest BCUT2D eigenvalue weighted by atomic mass is 9.88. The molecule has 1 N–H and O–H groups in total. The standard InChI is InChI=1S/C31H22N4/c1-2-9-20(10-3-1)34-27-15-7-5-12-22(27)24-17-18-28-25(31(24)34)19-32-35(28)29-16-8-13-23-21-11-4-6-14-26(21)33-30(23)29/h1-19,25,28,33H. The average molecular weight is 451 g/mol. The van der Waals surface area contributed by atoms with Gasteiger partial charge in [-0.15, -0.1) is 0 Å². The van der Waals surface area contributed by atoms with Crippen LogP contribution >= 0.6 is 0 Å². The second kappa shape index (κ2) is 6.97. The predicted octanol–water partition coefficient (Wildman–Crippen LogP) is 7.25. The van der Waals surface area contributed by atoms with Crippen LogP contribution in [0, 0.1) is 0 Å². The topological polar surface area (TPSA) is 36.3 Å². The number of aromatic amines is 1. The molecule has 6 aromatic rings. The van der Waals surface area contributed by atoms with Gasteiger partial charge in [-0.05, 0) is 30.3 Å². The molecule has 0 saturated heterocycles. The highest BCUT2D eigenvalue weighted by molar-refractivity contribution is 6.11. The van der Waals surface area contributed by atoms with E-state index in [-0.39, 0.29) is 12.0 Å². The van der Waals surface area contributed by atoms with Crippen molar-refractivity contribution < 1.29 is 0 Å². The molecule has 0 spiro atoms. The summed E-state index contributed by atoms with van der Waals surface area (Å²) in [5.41, 5.74) is 8.41. The minimum atomic E-state index is 0.117. The van der Waals surface area contributed by atoms with Gasteiger partial charge in [-0.2, -0.15) is 5.10 Å². The Bertz CT molecular complexity index is 1820. The van der Waals surface area contributed by atoms with Crippen molar-refractivity contribution in [1.29, 1.82) is 0 Å². The Kier molecular flexibility index (Phi) is 3.74. The number of benzene rings is 4. The molecule has 0 fully saturated rings. The molecule has 2 atom stereocenters. The van der Waals surface area contributed by atoms with E-state index in [9.17, 15) is 0 Å². The molecule has 0 bridgehead atoms. The molecule has 4 heteroatoms. The highest BCUT2D eigenvalue weighted by atomic mass is 15.5. The molecule has 2 aliphatic rings. The van der Waals surface area contributed by atoms with E-state index in [1.165, 1.54) is 38.6 Å². The third-order valence-electron chi connectivity index (χ3n) is 7.51. The summed E-state index contributed by atoms with van der Waals surface area (Å²) in [4.78, 5) is 3.65. The summed E-state index contributed by atoms with van der Waals surface area (Å²) in [5.74, 6) is 0.155. The summed E-state index contributed by atoms with van der Waals surface area (Å²) in [7, 11) is 0. The lowest BCUT2D eigenvalue weighted by molar-refractivity contribution is 0.697. The molecule has 166 valence electrons. The molecule has 8 rings (SSSR count). The van der Waals surface area contributed by atoms with Gasteiger partial charge in [-0.3, -0.25) is 5.01 Å². The number of rotatable bonds is 2. The van der Waals surface area contributed by atoms with Gasteiger partial charge in [-0.25, -0.2) is 0 Å². The van der Waals surface area contributed by atoms with Crippen molar-refractivity contribution in [3.8, 4) is 5.69 Å². The van der Waals surface area contributed by atoms with Crippen molar-refractivity contribution in [2.45, 2.75) is 12.0 Å². The molecular weight excluding hydrogens is 428 g/mol. The zero-order valence-electron chi connectivity index (χ0n) is 19.0. The van der Waals surface area contributed by atoms with Crippen molar-refractivity contribution in [3.63, 3.8) is 0 Å². The van der Waals surface area contributed by atoms with Gasteiger partial charge in [-0.1, -0.05) is 78.9 Å². The quantitative estimate of drug-likeness (QED) is 0.296. The van der Waals surface area contributed by atoms with Crippen LogP contribution in [0.5, 0.6) is 0 Å². The van der Waals surface area contributed by atoms with Gasteiger partial charge in [0.1, 0.15) is 0 Å². The zero-order chi connectivity index (χ0) is 22.9. The van der Waals surface area contributed by atoms with Gasteiger partial charge in [0, 0.05) is 44.8 Å². The Morgan fingerprint density at radius 3 is 2.40 bits per heavy atom. The molecule has 1 aliphatic heterocycles. The fourth-order valence-corrected chi connectivity index (χ4v) is 6.00. The van der Waals surface area contributed by atoms with E-state index in [0.717, 1.165) is 16.7 Å². The molecule has 2 unspecified atom stereocenters. The van der Waals surface area contributed by atoms with Crippen LogP contribution in [0.2, 0.25) is 0 Å². The molecule has 1 aliphatic carbocycles. The van der Waals surface area contributed by atoms with Crippen LogP contribution in [0.1, 0.15) is 17.2 Å². The van der Waals surface area contributed by atoms with Crippen LogP contribution in [0.3, 0.4) is 0 Å². The molecule has 0 saturated carbocycles. The summed E-state index contributed by atoms with van der Waals surface area (Å²) in [6, 6.07) is 34.5. The van der Waals surface area contributed by atoms with Crippen LogP contribution in [0.15, 0.2) is 108 Å². The second-order valence-corrected chi connectivity index (χ2v) is 9.34. The van der Waals surface area contributed by atoms with Gasteiger partial charge in [0.05, 0.1) is 28.7 Å². The summed E-state index contributed by atoms with van der Waals surface area (Å²) >= 11 is 0. The number of hydrogen-bond acceptors (Lipinski definition) is 2. The fourth-order valence-electron chi connectivity index (χ4n) is 6.00. The monoisotopic (exact) mass is 450 g/mol. The summed E-state index contributed by atoms with van der Waals surface area (Å²) in [6.45, 7) is 0. The Hall–Kier alpha value is -4.57. The zero-order valence-corrected chi connectivity index (χ0v) is 19.0. The number of hydrogen-bond donors (Lipinski definition) is 1. The lowest BCUT2D eigenvalue weighted by Crippen LogP contribution is -2.32. The van der Waals surface area contributed by atoms with Crippen molar-refractivity contribution in [2.75, 3.05) is 5.01 Å². The molecule has 4 nitrogen and oxygen atoms in total. The summed E-state index contributed by atoms with van der Waals surface area (Å²) in [6.07, 6.45) is 6.75. The predicted molar refractivity (Wildman–Crippen MR) is 146 cm³/mol. The Labute approximate surface area is 202 Å². The SMILES string of the molecule is C1=CC2C(C=NN2c2cccc3c2[nH]c2ccccc23)c2c1c1ccccc1n2-c1ccccc1. The van der Waals surface area contributed by atoms with Crippen LogP contribution in [0.25, 0.3) is 44.5 Å². The molecule has 3 heterocycles. The van der Waals surface area contributed by atoms with Crippen LogP contribution in [-0.2, 0) is 0 Å². The molecule has 0 radical (unpaired) electrons. The second-order valence-electron chi connectivity index (χ2n) is 9.34. The van der Waals surface area contributed by atoms with E-state index in [1.54, 1.807) is 0 Å². The Morgan fingerprint density at radius 1 is 0.714 bits per heavy atom. The van der Waals surface area contributed by atoms with E-state index in [0.29, 0.717) is 0 Å². The number of nitrogens with one attached hydrogen (secondary N) is 1. The van der Waals surface area contributed by atoms with Crippen molar-refractivity contribution in [2.24, 2.45) is 5.10 Å². The minimum Gasteiger partial charge on any atom is -0.353 e. The summed E-state index contributed by atoms with van der Waals surface area (Å²) < 4.78 is 2.42. The fraction of sp³-hybridized carbons (Fsp3) is 0.0645. The highest BCUT2D eigenvalue weighted by Gasteiger charge is 2.38. The maximum atomic E-state index is 5.00. The Morgan fingerprint density at radius 2 is 1.49 bits per heavy atom. The van der Waals surface area contributed by atoms with Crippen LogP contribution in [-0.4, -0.2) is 21.8 Å². The number of fused-ring (bicyclic) bond motifs is 8. The van der Waals surface area contributed by atoms with Crippen molar-refractivity contribution >= 4 is 50.7 Å². The van der Waals surface area contributed by atoms with Crippen molar-refractivity contribution in [1.82, 2.24) is 9.55 Å². The number of nitrogens with zero attached hydrogens (tertiary/aromatic N) is 3. The maximum absolute atomic E-state index is 5.00. The van der Waals surface area contributed by atoms with Crippen LogP contribution < -0.4 is 5.01 Å². The highest BCUT2D eigenvalue weighted by Crippen LogP contribution is 2.44. The number of H-pyrrole nitrogens is 1. The van der Waals surface area contributed by atoms with E-state index >= 15 is 0 Å². The van der Waals surface area contributed by atoms with Gasteiger partial charge >= 0.3 is 0 Å². The maximum Gasteiger partial charge on any atom is 0.0844 e. The first-order valence-electron chi connectivity index (χ1n) is 12.1. The average Bonchev–Trinajstić information content (AvgIpc) is 3.60. The van der Waals surface area contributed by atoms with E-state index < -0.39 is 0 Å². The third-order valence-corrected chi connectivity index (χ3v) is 7.51. The van der Waals surface area contributed by atoms with Crippen LogP contribution in [0.4, 0.5) is 5.69 Å². The first kappa shape index (κ1) is 18.8. The van der Waals surface area contributed by atoms with Gasteiger partial charge < -0.3 is 9.55 Å². The van der Waals surface area contributed by atoms with Gasteiger partial charge in [0.2, 0.25) is 0 Å². The number of para-hydroxylation sites is 4. The van der Waals surface area contributed by atoms with Gasteiger partial charge in [0.15, 0.2) is 0 Å². The number of aromatic nitrogens is 2. The number of anilines is 1. The largest absolute Gasteiger partial charge is 0.353 e. The number of hydrazone groups is 1. The van der Waals surface area contributed by atoms with E-state index in [4.69, 9.17) is 5.10 Å². The first-order chi connectivity index (χ1) is 17.4. The van der Waals surface area contributed by atoms with Crippen molar-refractivity contribution in [3.05, 3.63) is 114 Å². The summed E-state index contributed by atoms with van der Waals surface area (Å²) in [5, 5.41) is 10.9. The molecular formula is C31H22N4. The smallest absolute Gasteiger partial charge is 0.0844 e. The lowest BCUT2D eigenvalue weighted by Gasteiger charge is -2.29. The molecule has 2 aromatic heterocycles. The van der Waals surface area contributed by atoms with Gasteiger partial charge in [0.25, 0.3) is 0 Å². The Balaban J connectivity index is 1.32. The molecule has 0 amide bonds. The van der Waals surface area contributed by atoms with E-state index in [2.05, 4.69) is 130 Å². The third kappa shape index (κ3) is 2.54. The first-order valence-corrected chi connectivity index (χ1v) is 12.1. The molecule has 4 aromatic carbocycles. The normalized spacial score (nSPS) is 18.6. The molecule has 35 heavy (non-hydrogen) atoms.